The van der Waals surface area contributed by atoms with Gasteiger partial charge in [-0.1, -0.05) is 6.07 Å². The van der Waals surface area contributed by atoms with E-state index in [0.717, 1.165) is 25.9 Å². The first-order valence-corrected chi connectivity index (χ1v) is 5.41. The molecule has 70 valence electrons. The van der Waals surface area contributed by atoms with Gasteiger partial charge in [0.05, 0.1) is 6.07 Å². The van der Waals surface area contributed by atoms with E-state index in [1.807, 2.05) is 0 Å². The van der Waals surface area contributed by atoms with Gasteiger partial charge < -0.3 is 5.32 Å². The van der Waals surface area contributed by atoms with Crippen LogP contribution in [0.15, 0.2) is 17.5 Å². The molecule has 2 nitrogen and oxygen atoms in total. The van der Waals surface area contributed by atoms with Crippen LogP contribution in [0, 0.1) is 11.3 Å². The summed E-state index contributed by atoms with van der Waals surface area (Å²) in [6.45, 7) is 1.98. The van der Waals surface area contributed by atoms with Crippen LogP contribution in [-0.2, 0) is 6.42 Å². The van der Waals surface area contributed by atoms with Crippen LogP contribution in [0.4, 0.5) is 0 Å². The van der Waals surface area contributed by atoms with Crippen molar-refractivity contribution in [3.63, 3.8) is 0 Å². The van der Waals surface area contributed by atoms with Crippen LogP contribution in [0.25, 0.3) is 0 Å². The highest BCUT2D eigenvalue weighted by Crippen LogP contribution is 2.07. The molecule has 1 heterocycles. The zero-order valence-corrected chi connectivity index (χ0v) is 8.44. The molecule has 0 radical (unpaired) electrons. The van der Waals surface area contributed by atoms with Crippen molar-refractivity contribution in [3.8, 4) is 6.07 Å². The summed E-state index contributed by atoms with van der Waals surface area (Å²) in [6.07, 6.45) is 2.72. The summed E-state index contributed by atoms with van der Waals surface area (Å²) < 4.78 is 0. The summed E-state index contributed by atoms with van der Waals surface area (Å²) >= 11 is 1.80. The molecule has 0 saturated carbocycles. The van der Waals surface area contributed by atoms with Gasteiger partial charge in [-0.2, -0.15) is 5.26 Å². The summed E-state index contributed by atoms with van der Waals surface area (Å²) in [6, 6.07) is 6.37. The third kappa shape index (κ3) is 4.66. The molecule has 13 heavy (non-hydrogen) atoms. The molecule has 1 aromatic heterocycles. The van der Waals surface area contributed by atoms with E-state index in [-0.39, 0.29) is 0 Å². The Kier molecular flexibility index (Phi) is 5.23. The molecular weight excluding hydrogens is 180 g/mol. The molecule has 0 aliphatic heterocycles. The number of nitriles is 1. The standard InChI is InChI=1S/C10H14N2S/c11-6-1-2-7-12-8-5-10-4-3-9-13-10/h3-4,9,12H,1-2,5,7-8H2. The van der Waals surface area contributed by atoms with Crippen molar-refractivity contribution in [2.75, 3.05) is 13.1 Å². The van der Waals surface area contributed by atoms with Crippen LogP contribution >= 0.6 is 11.3 Å². The van der Waals surface area contributed by atoms with E-state index in [4.69, 9.17) is 5.26 Å². The van der Waals surface area contributed by atoms with Gasteiger partial charge in [0, 0.05) is 11.3 Å². The van der Waals surface area contributed by atoms with Gasteiger partial charge in [0.15, 0.2) is 0 Å². The lowest BCUT2D eigenvalue weighted by Crippen LogP contribution is -2.17. The maximum Gasteiger partial charge on any atom is 0.0622 e. The molecule has 3 heteroatoms. The second-order valence-corrected chi connectivity index (χ2v) is 3.87. The zero-order chi connectivity index (χ0) is 9.36. The fraction of sp³-hybridized carbons (Fsp3) is 0.500. The molecule has 1 N–H and O–H groups in total. The number of thiophene rings is 1. The Morgan fingerprint density at radius 2 is 2.38 bits per heavy atom. The van der Waals surface area contributed by atoms with E-state index in [1.165, 1.54) is 4.88 Å². The normalized spacial score (nSPS) is 9.77. The molecule has 0 aliphatic rings. The van der Waals surface area contributed by atoms with Gasteiger partial charge in [-0.05, 0) is 37.4 Å². The van der Waals surface area contributed by atoms with Crippen LogP contribution in [0.5, 0.6) is 0 Å². The lowest BCUT2D eigenvalue weighted by molar-refractivity contribution is 0.657. The van der Waals surface area contributed by atoms with Gasteiger partial charge in [-0.15, -0.1) is 11.3 Å². The second kappa shape index (κ2) is 6.64. The average molecular weight is 194 g/mol. The van der Waals surface area contributed by atoms with Crippen LogP contribution in [0.1, 0.15) is 17.7 Å². The first-order valence-electron chi connectivity index (χ1n) is 4.53. The minimum Gasteiger partial charge on any atom is -0.316 e. The second-order valence-electron chi connectivity index (χ2n) is 2.84. The van der Waals surface area contributed by atoms with Crippen molar-refractivity contribution >= 4 is 11.3 Å². The summed E-state index contributed by atoms with van der Waals surface area (Å²) in [5, 5.41) is 13.7. The van der Waals surface area contributed by atoms with Crippen molar-refractivity contribution in [2.24, 2.45) is 0 Å². The Balaban J connectivity index is 1.94. The van der Waals surface area contributed by atoms with E-state index in [9.17, 15) is 0 Å². The third-order valence-corrected chi connectivity index (χ3v) is 2.71. The Labute approximate surface area is 83.2 Å². The molecule has 0 fully saturated rings. The highest BCUT2D eigenvalue weighted by atomic mass is 32.1. The van der Waals surface area contributed by atoms with Crippen LogP contribution < -0.4 is 5.32 Å². The highest BCUT2D eigenvalue weighted by Gasteiger charge is 1.92. The molecule has 0 saturated heterocycles. The monoisotopic (exact) mass is 194 g/mol. The van der Waals surface area contributed by atoms with E-state index < -0.39 is 0 Å². The Morgan fingerprint density at radius 1 is 1.46 bits per heavy atom. The number of nitrogens with zero attached hydrogens (tertiary/aromatic N) is 1. The molecule has 1 aromatic rings. The van der Waals surface area contributed by atoms with Crippen molar-refractivity contribution < 1.29 is 0 Å². The van der Waals surface area contributed by atoms with Crippen LogP contribution in [-0.4, -0.2) is 13.1 Å². The van der Waals surface area contributed by atoms with E-state index in [2.05, 4.69) is 28.9 Å². The van der Waals surface area contributed by atoms with Gasteiger partial charge in [-0.3, -0.25) is 0 Å². The number of rotatable bonds is 6. The summed E-state index contributed by atoms with van der Waals surface area (Å²) in [5.74, 6) is 0. The number of hydrogen-bond acceptors (Lipinski definition) is 3. The molecule has 1 rings (SSSR count). The zero-order valence-electron chi connectivity index (χ0n) is 7.62. The molecular formula is C10H14N2S. The van der Waals surface area contributed by atoms with Gasteiger partial charge in [0.25, 0.3) is 0 Å². The molecule has 0 atom stereocenters. The highest BCUT2D eigenvalue weighted by molar-refractivity contribution is 7.09. The number of nitrogens with one attached hydrogen (secondary N) is 1. The van der Waals surface area contributed by atoms with Crippen molar-refractivity contribution in [2.45, 2.75) is 19.3 Å². The largest absolute Gasteiger partial charge is 0.316 e. The van der Waals surface area contributed by atoms with Crippen molar-refractivity contribution in [3.05, 3.63) is 22.4 Å². The quantitative estimate of drug-likeness (QED) is 0.705. The van der Waals surface area contributed by atoms with E-state index in [0.29, 0.717) is 6.42 Å². The third-order valence-electron chi connectivity index (χ3n) is 1.77. The van der Waals surface area contributed by atoms with Crippen molar-refractivity contribution in [1.29, 1.82) is 5.26 Å². The van der Waals surface area contributed by atoms with Gasteiger partial charge >= 0.3 is 0 Å². The van der Waals surface area contributed by atoms with Gasteiger partial charge in [-0.25, -0.2) is 0 Å². The molecule has 0 unspecified atom stereocenters. The van der Waals surface area contributed by atoms with Crippen LogP contribution in [0.3, 0.4) is 0 Å². The average Bonchev–Trinajstić information content (AvgIpc) is 2.63. The predicted octanol–water partition coefficient (Wildman–Crippen LogP) is 2.18. The first-order chi connectivity index (χ1) is 6.43. The molecule has 0 aromatic carbocycles. The maximum atomic E-state index is 8.30. The lowest BCUT2D eigenvalue weighted by atomic mass is 10.3. The minimum atomic E-state index is 0.659. The smallest absolute Gasteiger partial charge is 0.0622 e. The Hall–Kier alpha value is -0.850. The Bertz CT molecular complexity index is 248. The molecule has 0 aliphatic carbocycles. The SMILES string of the molecule is N#CCCCNCCc1cccs1. The topological polar surface area (TPSA) is 35.8 Å². The minimum absolute atomic E-state index is 0.659. The fourth-order valence-corrected chi connectivity index (χ4v) is 1.79. The summed E-state index contributed by atoms with van der Waals surface area (Å²) in [7, 11) is 0. The summed E-state index contributed by atoms with van der Waals surface area (Å²) in [4.78, 5) is 1.42. The lowest BCUT2D eigenvalue weighted by Gasteiger charge is -2.00. The van der Waals surface area contributed by atoms with Gasteiger partial charge in [0.2, 0.25) is 0 Å². The molecule has 0 spiro atoms. The number of unbranched alkanes of at least 4 members (excludes halogenated alkanes) is 1. The van der Waals surface area contributed by atoms with E-state index >= 15 is 0 Å². The van der Waals surface area contributed by atoms with Gasteiger partial charge in [0.1, 0.15) is 0 Å². The number of hydrogen-bond donors (Lipinski definition) is 1. The van der Waals surface area contributed by atoms with Crippen molar-refractivity contribution in [1.82, 2.24) is 5.32 Å². The van der Waals surface area contributed by atoms with Crippen LogP contribution in [0.2, 0.25) is 0 Å². The Morgan fingerprint density at radius 3 is 3.08 bits per heavy atom. The molecule has 0 bridgehead atoms. The first kappa shape index (κ1) is 10.2. The summed E-state index contributed by atoms with van der Waals surface area (Å²) in [5.41, 5.74) is 0. The van der Waals surface area contributed by atoms with E-state index in [1.54, 1.807) is 11.3 Å². The maximum absolute atomic E-state index is 8.30. The predicted molar refractivity (Wildman–Crippen MR) is 55.7 cm³/mol. The molecule has 0 amide bonds. The fourth-order valence-electron chi connectivity index (χ4n) is 1.08.